The second-order valence-electron chi connectivity index (χ2n) is 4.73. The fourth-order valence-corrected chi connectivity index (χ4v) is 2.30. The normalized spacial score (nSPS) is 11.3. The van der Waals surface area contributed by atoms with Crippen molar-refractivity contribution < 1.29 is 13.2 Å². The number of nitrogens with one attached hydrogen (secondary N) is 1. The van der Waals surface area contributed by atoms with Crippen LogP contribution >= 0.6 is 0 Å². The highest BCUT2D eigenvalue weighted by atomic mass is 19.3. The molecule has 114 valence electrons. The predicted molar refractivity (Wildman–Crippen MR) is 77.4 cm³/mol. The van der Waals surface area contributed by atoms with E-state index in [1.807, 2.05) is 0 Å². The zero-order chi connectivity index (χ0) is 15.5. The van der Waals surface area contributed by atoms with Gasteiger partial charge in [-0.2, -0.15) is 8.78 Å². The van der Waals surface area contributed by atoms with Crippen molar-refractivity contribution in [1.29, 1.82) is 0 Å². The van der Waals surface area contributed by atoms with Crippen LogP contribution < -0.4 is 5.32 Å². The van der Waals surface area contributed by atoms with Crippen LogP contribution in [0.3, 0.4) is 0 Å². The Balaban J connectivity index is 1.73. The average molecular weight is 306 g/mol. The molecule has 0 amide bonds. The van der Waals surface area contributed by atoms with Gasteiger partial charge in [-0.3, -0.25) is 9.55 Å². The highest BCUT2D eigenvalue weighted by molar-refractivity contribution is 5.90. The molecule has 0 saturated heterocycles. The van der Waals surface area contributed by atoms with E-state index in [-0.39, 0.29) is 5.82 Å². The summed E-state index contributed by atoms with van der Waals surface area (Å²) in [5.74, 6) is -0.0389. The van der Waals surface area contributed by atoms with E-state index in [0.717, 1.165) is 15.6 Å². The van der Waals surface area contributed by atoms with Gasteiger partial charge in [0.05, 0.1) is 5.52 Å². The van der Waals surface area contributed by atoms with Gasteiger partial charge in [0, 0.05) is 48.7 Å². The quantitative estimate of drug-likeness (QED) is 0.783. The Morgan fingerprint density at radius 1 is 1.14 bits per heavy atom. The number of anilines is 1. The fourth-order valence-electron chi connectivity index (χ4n) is 2.30. The highest BCUT2D eigenvalue weighted by Gasteiger charge is 2.11. The van der Waals surface area contributed by atoms with E-state index in [4.69, 9.17) is 0 Å². The number of nitrogens with zero attached hydrogens (tertiary/aromatic N) is 3. The summed E-state index contributed by atoms with van der Waals surface area (Å²) < 4.78 is 39.5. The Hall–Kier alpha value is -2.57. The second-order valence-corrected chi connectivity index (χ2v) is 4.73. The lowest BCUT2D eigenvalue weighted by Crippen LogP contribution is -2.11. The predicted octanol–water partition coefficient (Wildman–Crippen LogP) is 3.62. The third kappa shape index (κ3) is 2.88. The number of halogens is 3. The summed E-state index contributed by atoms with van der Waals surface area (Å²) in [5, 5.41) is 3.93. The van der Waals surface area contributed by atoms with Crippen molar-refractivity contribution in [1.82, 2.24) is 14.5 Å². The number of benzene rings is 1. The summed E-state index contributed by atoms with van der Waals surface area (Å²) in [6, 6.07) is 6.11. The van der Waals surface area contributed by atoms with E-state index in [2.05, 4.69) is 15.3 Å². The van der Waals surface area contributed by atoms with Crippen LogP contribution in [0.4, 0.5) is 18.9 Å². The highest BCUT2D eigenvalue weighted by Crippen LogP contribution is 2.22. The second kappa shape index (κ2) is 6.05. The first kappa shape index (κ1) is 14.4. The number of rotatable bonds is 5. The first-order valence-electron chi connectivity index (χ1n) is 6.73. The molecule has 4 nitrogen and oxygen atoms in total. The van der Waals surface area contributed by atoms with Crippen LogP contribution in [0, 0.1) is 5.82 Å². The van der Waals surface area contributed by atoms with Crippen LogP contribution in [-0.2, 0) is 6.42 Å². The molecule has 2 aromatic heterocycles. The molecule has 2 heterocycles. The number of fused-ring (bicyclic) bond motifs is 1. The number of alkyl halides is 2. The molecule has 0 atom stereocenters. The van der Waals surface area contributed by atoms with Crippen molar-refractivity contribution in [3.8, 4) is 0 Å². The maximum absolute atomic E-state index is 13.2. The van der Waals surface area contributed by atoms with Gasteiger partial charge in [0.25, 0.3) is 0 Å². The fraction of sp³-hybridized carbons (Fsp3) is 0.200. The van der Waals surface area contributed by atoms with Gasteiger partial charge in [0.15, 0.2) is 0 Å². The molecule has 0 aliphatic carbocycles. The number of pyridine rings is 1. The first-order chi connectivity index (χ1) is 10.6. The Bertz CT molecular complexity index is 785. The third-order valence-electron chi connectivity index (χ3n) is 3.33. The minimum absolute atomic E-state index is 0.312. The molecule has 0 bridgehead atoms. The van der Waals surface area contributed by atoms with Gasteiger partial charge < -0.3 is 5.32 Å². The van der Waals surface area contributed by atoms with E-state index in [9.17, 15) is 13.2 Å². The summed E-state index contributed by atoms with van der Waals surface area (Å²) >= 11 is 0. The zero-order valence-electron chi connectivity index (χ0n) is 11.5. The van der Waals surface area contributed by atoms with E-state index < -0.39 is 6.55 Å². The molecular formula is C15H13F3N4. The molecule has 0 saturated carbocycles. The van der Waals surface area contributed by atoms with Crippen LogP contribution in [0.5, 0.6) is 0 Å². The van der Waals surface area contributed by atoms with Crippen LogP contribution in [-0.4, -0.2) is 21.1 Å². The van der Waals surface area contributed by atoms with Gasteiger partial charge in [0.1, 0.15) is 11.6 Å². The Morgan fingerprint density at radius 3 is 2.82 bits per heavy atom. The molecule has 7 heteroatoms. The minimum Gasteiger partial charge on any atom is -0.384 e. The van der Waals surface area contributed by atoms with Gasteiger partial charge in [-0.05, 0) is 18.2 Å². The summed E-state index contributed by atoms with van der Waals surface area (Å²) in [6.45, 7) is -2.16. The van der Waals surface area contributed by atoms with Crippen molar-refractivity contribution >= 4 is 16.6 Å². The summed E-state index contributed by atoms with van der Waals surface area (Å²) in [5.41, 5.74) is 1.32. The molecule has 3 aromatic rings. The number of aromatic nitrogens is 3. The molecule has 0 unspecified atom stereocenters. The van der Waals surface area contributed by atoms with Crippen LogP contribution in [0.15, 0.2) is 42.9 Å². The van der Waals surface area contributed by atoms with E-state index in [0.29, 0.717) is 24.3 Å². The SMILES string of the molecule is Fc1ccc2c(NCCc3nccn3C(F)F)ccnc2c1. The smallest absolute Gasteiger partial charge is 0.319 e. The summed E-state index contributed by atoms with van der Waals surface area (Å²) in [4.78, 5) is 8.03. The Morgan fingerprint density at radius 2 is 2.00 bits per heavy atom. The molecule has 1 aromatic carbocycles. The first-order valence-corrected chi connectivity index (χ1v) is 6.73. The van der Waals surface area contributed by atoms with Crippen molar-refractivity contribution in [3.63, 3.8) is 0 Å². The van der Waals surface area contributed by atoms with Gasteiger partial charge in [0.2, 0.25) is 0 Å². The topological polar surface area (TPSA) is 42.7 Å². The molecule has 3 rings (SSSR count). The van der Waals surface area contributed by atoms with Crippen molar-refractivity contribution in [2.75, 3.05) is 11.9 Å². The van der Waals surface area contributed by atoms with E-state index in [1.54, 1.807) is 18.3 Å². The average Bonchev–Trinajstić information content (AvgIpc) is 2.95. The van der Waals surface area contributed by atoms with Gasteiger partial charge in [-0.25, -0.2) is 9.37 Å². The Labute approximate surface area is 124 Å². The zero-order valence-corrected chi connectivity index (χ0v) is 11.5. The lowest BCUT2D eigenvalue weighted by atomic mass is 10.2. The Kier molecular flexibility index (Phi) is 3.95. The summed E-state index contributed by atoms with van der Waals surface area (Å²) in [6.07, 6.45) is 4.53. The summed E-state index contributed by atoms with van der Waals surface area (Å²) in [7, 11) is 0. The molecule has 1 N–H and O–H groups in total. The van der Waals surface area contributed by atoms with Gasteiger partial charge in [-0.1, -0.05) is 0 Å². The lowest BCUT2D eigenvalue weighted by Gasteiger charge is -2.10. The molecule has 0 spiro atoms. The number of hydrogen-bond donors (Lipinski definition) is 1. The van der Waals surface area contributed by atoms with Crippen molar-refractivity contribution in [2.45, 2.75) is 13.0 Å². The van der Waals surface area contributed by atoms with Gasteiger partial charge >= 0.3 is 6.55 Å². The third-order valence-corrected chi connectivity index (χ3v) is 3.33. The standard InChI is InChI=1S/C15H13F3N4/c16-10-1-2-11-12(3-5-20-13(11)9-10)19-6-4-14-21-7-8-22(14)15(17)18/h1-3,5,7-9,15H,4,6H2,(H,19,20). The molecule has 22 heavy (non-hydrogen) atoms. The molecular weight excluding hydrogens is 293 g/mol. The van der Waals surface area contributed by atoms with Crippen LogP contribution in [0.1, 0.15) is 12.4 Å². The minimum atomic E-state index is -2.60. The molecule has 0 aliphatic rings. The maximum Gasteiger partial charge on any atom is 0.319 e. The van der Waals surface area contributed by atoms with Crippen LogP contribution in [0.2, 0.25) is 0 Å². The molecule has 0 aliphatic heterocycles. The molecule has 0 radical (unpaired) electrons. The monoisotopic (exact) mass is 306 g/mol. The number of hydrogen-bond acceptors (Lipinski definition) is 3. The van der Waals surface area contributed by atoms with Crippen molar-refractivity contribution in [3.05, 3.63) is 54.5 Å². The van der Waals surface area contributed by atoms with E-state index in [1.165, 1.54) is 24.5 Å². The lowest BCUT2D eigenvalue weighted by molar-refractivity contribution is 0.0671. The van der Waals surface area contributed by atoms with Crippen molar-refractivity contribution in [2.24, 2.45) is 0 Å². The maximum atomic E-state index is 13.2. The molecule has 0 fully saturated rings. The number of imidazole rings is 1. The van der Waals surface area contributed by atoms with E-state index >= 15 is 0 Å². The largest absolute Gasteiger partial charge is 0.384 e. The van der Waals surface area contributed by atoms with Gasteiger partial charge in [-0.15, -0.1) is 0 Å². The van der Waals surface area contributed by atoms with Crippen LogP contribution in [0.25, 0.3) is 10.9 Å².